The standard InChI is InChI=1S/C9H12N2O3S/c1-7-3-4-8(11-10-6-12)9(5-7)15(2,13)14/h3-6,11H,1-2H3,(H,10,12). The van der Waals surface area contributed by atoms with Crippen molar-refractivity contribution in [3.63, 3.8) is 0 Å². The largest absolute Gasteiger partial charge is 0.297 e. The van der Waals surface area contributed by atoms with E-state index in [9.17, 15) is 13.2 Å². The second-order valence-corrected chi connectivity index (χ2v) is 5.14. The summed E-state index contributed by atoms with van der Waals surface area (Å²) in [5.41, 5.74) is 5.90. The second-order valence-electron chi connectivity index (χ2n) is 3.16. The van der Waals surface area contributed by atoms with Crippen LogP contribution in [0.5, 0.6) is 0 Å². The molecule has 0 heterocycles. The SMILES string of the molecule is Cc1ccc(NNC=O)c(S(C)(=O)=O)c1. The van der Waals surface area contributed by atoms with E-state index in [1.54, 1.807) is 25.1 Å². The molecule has 15 heavy (non-hydrogen) atoms. The lowest BCUT2D eigenvalue weighted by Crippen LogP contribution is -2.20. The molecule has 0 bridgehead atoms. The minimum absolute atomic E-state index is 0.164. The minimum Gasteiger partial charge on any atom is -0.297 e. The molecule has 1 amide bonds. The van der Waals surface area contributed by atoms with Crippen molar-refractivity contribution in [2.24, 2.45) is 0 Å². The Balaban J connectivity index is 3.21. The zero-order valence-corrected chi connectivity index (χ0v) is 9.26. The van der Waals surface area contributed by atoms with Crippen molar-refractivity contribution in [3.05, 3.63) is 23.8 Å². The molecule has 1 rings (SSSR count). The van der Waals surface area contributed by atoms with Crippen LogP contribution in [0.25, 0.3) is 0 Å². The van der Waals surface area contributed by atoms with Gasteiger partial charge in [-0.2, -0.15) is 0 Å². The summed E-state index contributed by atoms with van der Waals surface area (Å²) in [5.74, 6) is 0. The normalized spacial score (nSPS) is 10.8. The van der Waals surface area contributed by atoms with Gasteiger partial charge in [-0.1, -0.05) is 6.07 Å². The molecular weight excluding hydrogens is 216 g/mol. The van der Waals surface area contributed by atoms with E-state index in [1.807, 2.05) is 0 Å². The summed E-state index contributed by atoms with van der Waals surface area (Å²) in [5, 5.41) is 0. The van der Waals surface area contributed by atoms with E-state index in [0.717, 1.165) is 11.8 Å². The molecule has 0 radical (unpaired) electrons. The van der Waals surface area contributed by atoms with Crippen molar-refractivity contribution < 1.29 is 13.2 Å². The van der Waals surface area contributed by atoms with Gasteiger partial charge in [0.2, 0.25) is 6.41 Å². The smallest absolute Gasteiger partial charge is 0.225 e. The van der Waals surface area contributed by atoms with Crippen molar-refractivity contribution >= 4 is 21.9 Å². The fraction of sp³-hybridized carbons (Fsp3) is 0.222. The maximum Gasteiger partial charge on any atom is 0.225 e. The van der Waals surface area contributed by atoms with Gasteiger partial charge in [-0.05, 0) is 24.6 Å². The van der Waals surface area contributed by atoms with Crippen LogP contribution in [-0.2, 0) is 14.6 Å². The van der Waals surface area contributed by atoms with Gasteiger partial charge in [0.25, 0.3) is 0 Å². The Hall–Kier alpha value is -1.56. The lowest BCUT2D eigenvalue weighted by atomic mass is 10.2. The first-order valence-electron chi connectivity index (χ1n) is 4.21. The van der Waals surface area contributed by atoms with Crippen LogP contribution in [0.3, 0.4) is 0 Å². The molecular formula is C9H12N2O3S. The summed E-state index contributed by atoms with van der Waals surface area (Å²) in [6.45, 7) is 1.80. The molecule has 1 aromatic carbocycles. The zero-order chi connectivity index (χ0) is 11.5. The fourth-order valence-electron chi connectivity index (χ4n) is 1.15. The Kier molecular flexibility index (Phi) is 3.31. The van der Waals surface area contributed by atoms with Gasteiger partial charge < -0.3 is 0 Å². The molecule has 0 saturated carbocycles. The molecule has 0 saturated heterocycles. The Morgan fingerprint density at radius 3 is 2.53 bits per heavy atom. The van der Waals surface area contributed by atoms with Crippen molar-refractivity contribution in [3.8, 4) is 0 Å². The molecule has 2 N–H and O–H groups in total. The van der Waals surface area contributed by atoms with Crippen LogP contribution in [0.15, 0.2) is 23.1 Å². The number of sulfone groups is 1. The zero-order valence-electron chi connectivity index (χ0n) is 8.44. The Morgan fingerprint density at radius 2 is 2.00 bits per heavy atom. The van der Waals surface area contributed by atoms with Crippen molar-refractivity contribution in [2.45, 2.75) is 11.8 Å². The average molecular weight is 228 g/mol. The van der Waals surface area contributed by atoms with E-state index in [4.69, 9.17) is 0 Å². The maximum absolute atomic E-state index is 11.4. The highest BCUT2D eigenvalue weighted by atomic mass is 32.2. The van der Waals surface area contributed by atoms with Crippen LogP contribution >= 0.6 is 0 Å². The molecule has 1 aromatic rings. The van der Waals surface area contributed by atoms with Gasteiger partial charge in [0.05, 0.1) is 10.6 Å². The van der Waals surface area contributed by atoms with Crippen molar-refractivity contribution in [1.29, 1.82) is 0 Å². The predicted molar refractivity (Wildman–Crippen MR) is 57.1 cm³/mol. The van der Waals surface area contributed by atoms with Crippen LogP contribution in [0.2, 0.25) is 0 Å². The van der Waals surface area contributed by atoms with Crippen molar-refractivity contribution in [1.82, 2.24) is 5.43 Å². The highest BCUT2D eigenvalue weighted by molar-refractivity contribution is 7.90. The number of aryl methyl sites for hydroxylation is 1. The number of rotatable bonds is 4. The number of hydrogen-bond acceptors (Lipinski definition) is 4. The summed E-state index contributed by atoms with van der Waals surface area (Å²) < 4.78 is 22.8. The number of carbonyl (C=O) groups excluding carboxylic acids is 1. The minimum atomic E-state index is -3.30. The van der Waals surface area contributed by atoms with E-state index in [2.05, 4.69) is 10.9 Å². The van der Waals surface area contributed by atoms with E-state index in [0.29, 0.717) is 12.1 Å². The topological polar surface area (TPSA) is 75.3 Å². The van der Waals surface area contributed by atoms with Crippen LogP contribution < -0.4 is 10.9 Å². The highest BCUT2D eigenvalue weighted by Crippen LogP contribution is 2.21. The average Bonchev–Trinajstić information content (AvgIpc) is 2.14. The third-order valence-electron chi connectivity index (χ3n) is 1.80. The quantitative estimate of drug-likeness (QED) is 0.580. The third-order valence-corrected chi connectivity index (χ3v) is 2.94. The third kappa shape index (κ3) is 2.95. The molecule has 6 heteroatoms. The number of benzene rings is 1. The number of amides is 1. The lowest BCUT2D eigenvalue weighted by Gasteiger charge is -2.09. The monoisotopic (exact) mass is 228 g/mol. The summed E-state index contributed by atoms with van der Waals surface area (Å²) in [7, 11) is -3.30. The van der Waals surface area contributed by atoms with Gasteiger partial charge in [0.15, 0.2) is 9.84 Å². The van der Waals surface area contributed by atoms with Gasteiger partial charge in [0, 0.05) is 6.26 Å². The highest BCUT2D eigenvalue weighted by Gasteiger charge is 2.12. The molecule has 0 aliphatic carbocycles. The summed E-state index contributed by atoms with van der Waals surface area (Å²) in [6.07, 6.45) is 1.56. The van der Waals surface area contributed by atoms with Crippen LogP contribution in [-0.4, -0.2) is 21.1 Å². The first-order valence-corrected chi connectivity index (χ1v) is 6.10. The van der Waals surface area contributed by atoms with E-state index in [-0.39, 0.29) is 4.90 Å². The molecule has 0 aliphatic rings. The molecule has 0 unspecified atom stereocenters. The number of hydrazine groups is 1. The second kappa shape index (κ2) is 4.31. The molecule has 0 spiro atoms. The van der Waals surface area contributed by atoms with Crippen LogP contribution in [0.1, 0.15) is 5.56 Å². The Bertz CT molecular complexity index is 468. The summed E-state index contributed by atoms with van der Waals surface area (Å²) >= 11 is 0. The molecule has 82 valence electrons. The predicted octanol–water partition coefficient (Wildman–Crippen LogP) is 0.471. The van der Waals surface area contributed by atoms with E-state index in [1.165, 1.54) is 0 Å². The van der Waals surface area contributed by atoms with Crippen LogP contribution in [0.4, 0.5) is 5.69 Å². The Morgan fingerprint density at radius 1 is 1.33 bits per heavy atom. The number of nitrogens with one attached hydrogen (secondary N) is 2. The number of anilines is 1. The molecule has 0 aliphatic heterocycles. The molecule has 0 fully saturated rings. The Labute approximate surface area is 88.4 Å². The van der Waals surface area contributed by atoms with E-state index < -0.39 is 9.84 Å². The number of hydrogen-bond donors (Lipinski definition) is 2. The van der Waals surface area contributed by atoms with Crippen LogP contribution in [0, 0.1) is 6.92 Å². The number of carbonyl (C=O) groups is 1. The van der Waals surface area contributed by atoms with Gasteiger partial charge >= 0.3 is 0 Å². The fourth-order valence-corrected chi connectivity index (χ4v) is 2.07. The molecule has 0 aromatic heterocycles. The van der Waals surface area contributed by atoms with Gasteiger partial charge in [-0.15, -0.1) is 0 Å². The van der Waals surface area contributed by atoms with E-state index >= 15 is 0 Å². The lowest BCUT2D eigenvalue weighted by molar-refractivity contribution is -0.109. The van der Waals surface area contributed by atoms with Gasteiger partial charge in [-0.25, -0.2) is 8.42 Å². The van der Waals surface area contributed by atoms with Gasteiger partial charge in [-0.3, -0.25) is 15.6 Å². The summed E-state index contributed by atoms with van der Waals surface area (Å²) in [4.78, 5) is 10.2. The van der Waals surface area contributed by atoms with Gasteiger partial charge in [0.1, 0.15) is 0 Å². The van der Waals surface area contributed by atoms with Crippen molar-refractivity contribution in [2.75, 3.05) is 11.7 Å². The molecule has 0 atom stereocenters. The molecule has 5 nitrogen and oxygen atoms in total. The summed E-state index contributed by atoms with van der Waals surface area (Å²) in [6, 6.07) is 4.90. The first-order chi connectivity index (χ1) is 6.95. The maximum atomic E-state index is 11.4. The first kappa shape index (κ1) is 11.5.